The van der Waals surface area contributed by atoms with Gasteiger partial charge < -0.3 is 15.2 Å². The van der Waals surface area contributed by atoms with Crippen LogP contribution in [-0.2, 0) is 0 Å². The SMILES string of the molecule is CC1(C)COc2cc(-c3ccc(F)c(Cl)c3)ccc2C1NC(=O)O. The van der Waals surface area contributed by atoms with Gasteiger partial charge in [0.1, 0.15) is 11.6 Å². The first kappa shape index (κ1) is 16.6. The van der Waals surface area contributed by atoms with Crippen molar-refractivity contribution < 1.29 is 19.0 Å². The van der Waals surface area contributed by atoms with E-state index in [1.54, 1.807) is 12.1 Å². The lowest BCUT2D eigenvalue weighted by Gasteiger charge is -2.39. The van der Waals surface area contributed by atoms with Crippen LogP contribution in [0.15, 0.2) is 36.4 Å². The van der Waals surface area contributed by atoms with Crippen LogP contribution in [0.3, 0.4) is 0 Å². The molecule has 6 heteroatoms. The summed E-state index contributed by atoms with van der Waals surface area (Å²) in [5.74, 6) is 0.146. The van der Waals surface area contributed by atoms with Crippen molar-refractivity contribution >= 4 is 17.7 Å². The van der Waals surface area contributed by atoms with Crippen molar-refractivity contribution in [3.05, 3.63) is 52.8 Å². The Morgan fingerprint density at radius 2 is 1.96 bits per heavy atom. The summed E-state index contributed by atoms with van der Waals surface area (Å²) in [6.45, 7) is 4.28. The number of carboxylic acid groups (broad SMARTS) is 1. The Bertz CT molecular complexity index is 807. The Hall–Kier alpha value is -2.27. The molecule has 1 aliphatic rings. The maximum atomic E-state index is 13.3. The molecule has 1 unspecified atom stereocenters. The molecule has 126 valence electrons. The Kier molecular flexibility index (Phi) is 4.13. The van der Waals surface area contributed by atoms with Gasteiger partial charge in [-0.1, -0.05) is 43.6 Å². The van der Waals surface area contributed by atoms with Crippen LogP contribution in [0.1, 0.15) is 25.5 Å². The van der Waals surface area contributed by atoms with E-state index in [4.69, 9.17) is 21.4 Å². The van der Waals surface area contributed by atoms with Gasteiger partial charge in [0.2, 0.25) is 0 Å². The average molecular weight is 350 g/mol. The van der Waals surface area contributed by atoms with Crippen LogP contribution in [0.5, 0.6) is 5.75 Å². The zero-order chi connectivity index (χ0) is 17.5. The molecule has 0 saturated carbocycles. The second kappa shape index (κ2) is 5.98. The highest BCUT2D eigenvalue weighted by molar-refractivity contribution is 6.31. The molecule has 2 aromatic carbocycles. The van der Waals surface area contributed by atoms with E-state index in [0.29, 0.717) is 12.4 Å². The van der Waals surface area contributed by atoms with E-state index in [9.17, 15) is 9.18 Å². The molecule has 3 rings (SSSR count). The topological polar surface area (TPSA) is 58.6 Å². The van der Waals surface area contributed by atoms with E-state index in [0.717, 1.165) is 16.7 Å². The van der Waals surface area contributed by atoms with E-state index in [1.807, 2.05) is 32.0 Å². The number of benzene rings is 2. The third-order valence-electron chi connectivity index (χ3n) is 4.23. The van der Waals surface area contributed by atoms with Crippen LogP contribution in [0.25, 0.3) is 11.1 Å². The van der Waals surface area contributed by atoms with Gasteiger partial charge in [-0.3, -0.25) is 0 Å². The second-order valence-corrected chi connectivity index (χ2v) is 6.95. The van der Waals surface area contributed by atoms with Crippen molar-refractivity contribution in [1.82, 2.24) is 5.32 Å². The first-order valence-electron chi connectivity index (χ1n) is 7.49. The van der Waals surface area contributed by atoms with Crippen LogP contribution < -0.4 is 10.1 Å². The fraction of sp³-hybridized carbons (Fsp3) is 0.278. The highest BCUT2D eigenvalue weighted by atomic mass is 35.5. The molecule has 0 aliphatic carbocycles. The van der Waals surface area contributed by atoms with E-state index >= 15 is 0 Å². The summed E-state index contributed by atoms with van der Waals surface area (Å²) in [6, 6.07) is 9.65. The fourth-order valence-electron chi connectivity index (χ4n) is 2.92. The molecule has 1 atom stereocenters. The number of rotatable bonds is 2. The van der Waals surface area contributed by atoms with Crippen molar-refractivity contribution in [3.63, 3.8) is 0 Å². The van der Waals surface area contributed by atoms with Crippen molar-refractivity contribution in [3.8, 4) is 16.9 Å². The predicted molar refractivity (Wildman–Crippen MR) is 90.0 cm³/mol. The summed E-state index contributed by atoms with van der Waals surface area (Å²) in [5.41, 5.74) is 2.00. The first-order valence-corrected chi connectivity index (χ1v) is 7.87. The maximum absolute atomic E-state index is 13.3. The van der Waals surface area contributed by atoms with Gasteiger partial charge in [0, 0.05) is 11.0 Å². The van der Waals surface area contributed by atoms with Gasteiger partial charge in [-0.15, -0.1) is 0 Å². The summed E-state index contributed by atoms with van der Waals surface area (Å²) in [7, 11) is 0. The molecule has 1 heterocycles. The number of halogens is 2. The highest BCUT2D eigenvalue weighted by Gasteiger charge is 2.38. The number of carbonyl (C=O) groups is 1. The Morgan fingerprint density at radius 3 is 2.62 bits per heavy atom. The monoisotopic (exact) mass is 349 g/mol. The molecule has 0 spiro atoms. The van der Waals surface area contributed by atoms with Crippen LogP contribution in [0.4, 0.5) is 9.18 Å². The molecule has 4 nitrogen and oxygen atoms in total. The van der Waals surface area contributed by atoms with Crippen LogP contribution in [0.2, 0.25) is 5.02 Å². The number of amides is 1. The number of fused-ring (bicyclic) bond motifs is 1. The zero-order valence-corrected chi connectivity index (χ0v) is 14.0. The third-order valence-corrected chi connectivity index (χ3v) is 4.52. The van der Waals surface area contributed by atoms with Crippen LogP contribution in [-0.4, -0.2) is 17.8 Å². The predicted octanol–water partition coefficient (Wildman–Crippen LogP) is 4.87. The Morgan fingerprint density at radius 1 is 1.29 bits per heavy atom. The van der Waals surface area contributed by atoms with E-state index < -0.39 is 11.9 Å². The van der Waals surface area contributed by atoms with Gasteiger partial charge >= 0.3 is 6.09 Å². The lowest BCUT2D eigenvalue weighted by Crippen LogP contribution is -2.43. The van der Waals surface area contributed by atoms with Gasteiger partial charge in [0.25, 0.3) is 0 Å². The van der Waals surface area contributed by atoms with Crippen molar-refractivity contribution in [2.75, 3.05) is 6.61 Å². The minimum atomic E-state index is -1.07. The molecule has 0 saturated heterocycles. The smallest absolute Gasteiger partial charge is 0.405 e. The minimum absolute atomic E-state index is 0.0534. The molecule has 0 fully saturated rings. The van der Waals surface area contributed by atoms with Gasteiger partial charge in [-0.05, 0) is 29.3 Å². The van der Waals surface area contributed by atoms with Crippen molar-refractivity contribution in [2.45, 2.75) is 19.9 Å². The molecule has 24 heavy (non-hydrogen) atoms. The zero-order valence-electron chi connectivity index (χ0n) is 13.3. The molecule has 2 aromatic rings. The summed E-state index contributed by atoms with van der Waals surface area (Å²) in [6.07, 6.45) is -1.07. The molecule has 0 radical (unpaired) electrons. The standard InChI is InChI=1S/C18H17ClFNO3/c1-18(2)9-24-15-8-11(10-4-6-14(20)13(19)7-10)3-5-12(15)16(18)21-17(22)23/h3-8,16,21H,9H2,1-2H3,(H,22,23). The summed E-state index contributed by atoms with van der Waals surface area (Å²) in [5, 5.41) is 11.7. The average Bonchev–Trinajstić information content (AvgIpc) is 2.52. The van der Waals surface area contributed by atoms with Gasteiger partial charge in [-0.25, -0.2) is 9.18 Å². The molecule has 2 N–H and O–H groups in total. The van der Waals surface area contributed by atoms with E-state index in [2.05, 4.69) is 5.32 Å². The molecule has 1 aliphatic heterocycles. The number of nitrogens with one attached hydrogen (secondary N) is 1. The van der Waals surface area contributed by atoms with Gasteiger partial charge in [-0.2, -0.15) is 0 Å². The molecular formula is C18H17ClFNO3. The quantitative estimate of drug-likeness (QED) is 0.812. The van der Waals surface area contributed by atoms with Crippen molar-refractivity contribution in [1.29, 1.82) is 0 Å². The van der Waals surface area contributed by atoms with Crippen LogP contribution in [0, 0.1) is 11.2 Å². The lowest BCUT2D eigenvalue weighted by molar-refractivity contribution is 0.0996. The van der Waals surface area contributed by atoms with E-state index in [-0.39, 0.29) is 16.5 Å². The largest absolute Gasteiger partial charge is 0.493 e. The summed E-state index contributed by atoms with van der Waals surface area (Å²) < 4.78 is 19.2. The Balaban J connectivity index is 2.02. The maximum Gasteiger partial charge on any atom is 0.405 e. The lowest BCUT2D eigenvalue weighted by atomic mass is 9.78. The highest BCUT2D eigenvalue weighted by Crippen LogP contribution is 2.44. The molecule has 0 bridgehead atoms. The van der Waals surface area contributed by atoms with E-state index in [1.165, 1.54) is 6.07 Å². The van der Waals surface area contributed by atoms with Crippen LogP contribution >= 0.6 is 11.6 Å². The third kappa shape index (κ3) is 3.04. The summed E-state index contributed by atoms with van der Waals surface area (Å²) in [4.78, 5) is 11.1. The normalized spacial score (nSPS) is 18.4. The minimum Gasteiger partial charge on any atom is -0.493 e. The molecule has 0 aromatic heterocycles. The second-order valence-electron chi connectivity index (χ2n) is 6.54. The fourth-order valence-corrected chi connectivity index (χ4v) is 3.10. The van der Waals surface area contributed by atoms with Gasteiger partial charge in [0.15, 0.2) is 0 Å². The molecular weight excluding hydrogens is 333 g/mol. The van der Waals surface area contributed by atoms with Gasteiger partial charge in [0.05, 0.1) is 17.7 Å². The summed E-state index contributed by atoms with van der Waals surface area (Å²) >= 11 is 5.84. The Labute approximate surface area is 144 Å². The first-order chi connectivity index (χ1) is 11.3. The number of hydrogen-bond acceptors (Lipinski definition) is 2. The van der Waals surface area contributed by atoms with Crippen molar-refractivity contribution in [2.24, 2.45) is 5.41 Å². The number of ether oxygens (including phenoxy) is 1. The molecule has 1 amide bonds. The number of hydrogen-bond donors (Lipinski definition) is 2.